The maximum absolute atomic E-state index is 12.7. The van der Waals surface area contributed by atoms with E-state index in [1.54, 1.807) is 31.4 Å². The van der Waals surface area contributed by atoms with Crippen LogP contribution < -0.4 is 9.64 Å². The van der Waals surface area contributed by atoms with Crippen LogP contribution in [0.5, 0.6) is 5.75 Å². The van der Waals surface area contributed by atoms with Gasteiger partial charge >= 0.3 is 0 Å². The number of rotatable bonds is 3. The Bertz CT molecular complexity index is 969. The number of hydrogen-bond acceptors (Lipinski definition) is 5. The summed E-state index contributed by atoms with van der Waals surface area (Å²) in [6, 6.07) is 14.8. The standard InChI is InChI=1S/C20H19ClN4O2/c1-27-15-8-6-14(7-9-15)20(26)25-12-10-24(11-13-25)19-18(21)22-16-4-2-3-5-17(16)23-19/h2-9H,10-13H2,1H3. The molecular weight excluding hydrogens is 364 g/mol. The number of carbonyl (C=O) groups is 1. The monoisotopic (exact) mass is 382 g/mol. The summed E-state index contributed by atoms with van der Waals surface area (Å²) in [5.74, 6) is 1.43. The molecule has 138 valence electrons. The Morgan fingerprint density at radius 3 is 2.22 bits per heavy atom. The summed E-state index contributed by atoms with van der Waals surface area (Å²) < 4.78 is 5.14. The molecule has 1 amide bonds. The van der Waals surface area contributed by atoms with E-state index in [2.05, 4.69) is 14.9 Å². The molecule has 3 aromatic rings. The van der Waals surface area contributed by atoms with Crippen LogP contribution in [-0.4, -0.2) is 54.1 Å². The number of amides is 1. The quantitative estimate of drug-likeness (QED) is 0.696. The van der Waals surface area contributed by atoms with E-state index in [1.807, 2.05) is 29.2 Å². The van der Waals surface area contributed by atoms with E-state index >= 15 is 0 Å². The van der Waals surface area contributed by atoms with E-state index in [9.17, 15) is 4.79 Å². The van der Waals surface area contributed by atoms with Crippen LogP contribution in [0.1, 0.15) is 10.4 Å². The lowest BCUT2D eigenvalue weighted by Crippen LogP contribution is -2.49. The van der Waals surface area contributed by atoms with Crippen molar-refractivity contribution in [1.82, 2.24) is 14.9 Å². The maximum atomic E-state index is 12.7. The summed E-state index contributed by atoms with van der Waals surface area (Å²) in [5, 5.41) is 0.392. The molecule has 1 aromatic heterocycles. The average molecular weight is 383 g/mol. The lowest BCUT2D eigenvalue weighted by molar-refractivity contribution is 0.0746. The molecular formula is C20H19ClN4O2. The number of carbonyl (C=O) groups excluding carboxylic acids is 1. The molecule has 0 N–H and O–H groups in total. The van der Waals surface area contributed by atoms with Crippen LogP contribution in [0, 0.1) is 0 Å². The molecule has 1 aliphatic rings. The Labute approximate surface area is 162 Å². The van der Waals surface area contributed by atoms with Gasteiger partial charge in [-0.3, -0.25) is 4.79 Å². The number of methoxy groups -OCH3 is 1. The van der Waals surface area contributed by atoms with Gasteiger partial charge in [-0.15, -0.1) is 0 Å². The Morgan fingerprint density at radius 2 is 1.59 bits per heavy atom. The Hall–Kier alpha value is -2.86. The van der Waals surface area contributed by atoms with E-state index in [0.717, 1.165) is 16.8 Å². The molecule has 0 atom stereocenters. The van der Waals surface area contributed by atoms with Gasteiger partial charge in [-0.25, -0.2) is 9.97 Å². The van der Waals surface area contributed by atoms with Crippen molar-refractivity contribution in [2.75, 3.05) is 38.2 Å². The summed E-state index contributed by atoms with van der Waals surface area (Å²) in [4.78, 5) is 25.7. The fraction of sp³-hybridized carbons (Fsp3) is 0.250. The minimum atomic E-state index is 0.0213. The minimum Gasteiger partial charge on any atom is -0.497 e. The topological polar surface area (TPSA) is 58.6 Å². The number of nitrogens with zero attached hydrogens (tertiary/aromatic N) is 4. The van der Waals surface area contributed by atoms with Crippen molar-refractivity contribution in [3.63, 3.8) is 0 Å². The number of piperazine rings is 1. The Kier molecular flexibility index (Phi) is 4.81. The number of hydrogen-bond donors (Lipinski definition) is 0. The molecule has 1 saturated heterocycles. The highest BCUT2D eigenvalue weighted by atomic mass is 35.5. The molecule has 0 aliphatic carbocycles. The van der Waals surface area contributed by atoms with Gasteiger partial charge in [-0.05, 0) is 36.4 Å². The smallest absolute Gasteiger partial charge is 0.253 e. The van der Waals surface area contributed by atoms with Gasteiger partial charge in [0.1, 0.15) is 5.75 Å². The minimum absolute atomic E-state index is 0.0213. The Morgan fingerprint density at radius 1 is 0.963 bits per heavy atom. The highest BCUT2D eigenvalue weighted by molar-refractivity contribution is 6.32. The maximum Gasteiger partial charge on any atom is 0.253 e. The van der Waals surface area contributed by atoms with Crippen molar-refractivity contribution in [3.8, 4) is 5.75 Å². The van der Waals surface area contributed by atoms with Crippen molar-refractivity contribution in [2.45, 2.75) is 0 Å². The van der Waals surface area contributed by atoms with E-state index < -0.39 is 0 Å². The van der Waals surface area contributed by atoms with Crippen LogP contribution in [0.2, 0.25) is 5.15 Å². The zero-order valence-electron chi connectivity index (χ0n) is 14.9. The summed E-state index contributed by atoms with van der Waals surface area (Å²) in [5.41, 5.74) is 2.25. The summed E-state index contributed by atoms with van der Waals surface area (Å²) in [6.45, 7) is 2.54. The van der Waals surface area contributed by atoms with Gasteiger partial charge in [0.2, 0.25) is 0 Å². The van der Waals surface area contributed by atoms with E-state index in [0.29, 0.717) is 42.7 Å². The van der Waals surface area contributed by atoms with Crippen LogP contribution in [0.4, 0.5) is 5.82 Å². The third-order valence-corrected chi connectivity index (χ3v) is 4.97. The summed E-state index contributed by atoms with van der Waals surface area (Å²) in [6.07, 6.45) is 0. The largest absolute Gasteiger partial charge is 0.497 e. The van der Waals surface area contributed by atoms with Crippen molar-refractivity contribution in [1.29, 1.82) is 0 Å². The average Bonchev–Trinajstić information content (AvgIpc) is 2.73. The van der Waals surface area contributed by atoms with Crippen LogP contribution in [0.25, 0.3) is 11.0 Å². The molecule has 0 bridgehead atoms. The van der Waals surface area contributed by atoms with Gasteiger partial charge in [0, 0.05) is 31.7 Å². The normalized spacial score (nSPS) is 14.4. The number of halogens is 1. The van der Waals surface area contributed by atoms with E-state index in [1.165, 1.54) is 0 Å². The van der Waals surface area contributed by atoms with E-state index in [-0.39, 0.29) is 5.91 Å². The zero-order chi connectivity index (χ0) is 18.8. The first kappa shape index (κ1) is 17.5. The first-order valence-electron chi connectivity index (χ1n) is 8.76. The third kappa shape index (κ3) is 3.53. The molecule has 4 rings (SSSR count). The van der Waals surface area contributed by atoms with Crippen LogP contribution in [0.3, 0.4) is 0 Å². The van der Waals surface area contributed by atoms with Gasteiger partial charge in [0.05, 0.1) is 18.1 Å². The second-order valence-electron chi connectivity index (χ2n) is 6.33. The van der Waals surface area contributed by atoms with Gasteiger partial charge in [-0.2, -0.15) is 0 Å². The highest BCUT2D eigenvalue weighted by Crippen LogP contribution is 2.26. The zero-order valence-corrected chi connectivity index (χ0v) is 15.7. The van der Waals surface area contributed by atoms with Gasteiger partial charge in [-0.1, -0.05) is 23.7 Å². The highest BCUT2D eigenvalue weighted by Gasteiger charge is 2.24. The molecule has 27 heavy (non-hydrogen) atoms. The molecule has 6 nitrogen and oxygen atoms in total. The van der Waals surface area contributed by atoms with Gasteiger partial charge < -0.3 is 14.5 Å². The third-order valence-electron chi connectivity index (χ3n) is 4.71. The van der Waals surface area contributed by atoms with Crippen molar-refractivity contribution >= 4 is 34.4 Å². The molecule has 0 radical (unpaired) electrons. The van der Waals surface area contributed by atoms with E-state index in [4.69, 9.17) is 16.3 Å². The number of aromatic nitrogens is 2. The molecule has 0 saturated carbocycles. The first-order chi connectivity index (χ1) is 13.2. The molecule has 7 heteroatoms. The lowest BCUT2D eigenvalue weighted by atomic mass is 10.1. The number of fused-ring (bicyclic) bond motifs is 1. The van der Waals surface area contributed by atoms with Crippen LogP contribution in [0.15, 0.2) is 48.5 Å². The number of para-hydroxylation sites is 2. The number of anilines is 1. The summed E-state index contributed by atoms with van der Waals surface area (Å²) in [7, 11) is 1.61. The number of ether oxygens (including phenoxy) is 1. The fourth-order valence-corrected chi connectivity index (χ4v) is 3.46. The Balaban J connectivity index is 1.47. The molecule has 1 aliphatic heterocycles. The number of benzene rings is 2. The molecule has 2 aromatic carbocycles. The van der Waals surface area contributed by atoms with Crippen LogP contribution >= 0.6 is 11.6 Å². The van der Waals surface area contributed by atoms with Crippen molar-refractivity contribution in [3.05, 3.63) is 59.2 Å². The molecule has 0 spiro atoms. The second-order valence-corrected chi connectivity index (χ2v) is 6.69. The lowest BCUT2D eigenvalue weighted by Gasteiger charge is -2.35. The van der Waals surface area contributed by atoms with Gasteiger partial charge in [0.25, 0.3) is 5.91 Å². The molecule has 2 heterocycles. The van der Waals surface area contributed by atoms with Crippen molar-refractivity contribution < 1.29 is 9.53 Å². The van der Waals surface area contributed by atoms with Crippen molar-refractivity contribution in [2.24, 2.45) is 0 Å². The molecule has 1 fully saturated rings. The molecule has 0 unspecified atom stereocenters. The van der Waals surface area contributed by atoms with Gasteiger partial charge in [0.15, 0.2) is 11.0 Å². The predicted octanol–water partition coefficient (Wildman–Crippen LogP) is 3.25. The predicted molar refractivity (Wildman–Crippen MR) is 106 cm³/mol. The summed E-state index contributed by atoms with van der Waals surface area (Å²) >= 11 is 6.35. The fourth-order valence-electron chi connectivity index (χ4n) is 3.21. The van der Waals surface area contributed by atoms with Crippen LogP contribution in [-0.2, 0) is 0 Å². The SMILES string of the molecule is COc1ccc(C(=O)N2CCN(c3nc4ccccc4nc3Cl)CC2)cc1. The second kappa shape index (κ2) is 7.40. The first-order valence-corrected chi connectivity index (χ1v) is 9.14.